The lowest BCUT2D eigenvalue weighted by Gasteiger charge is -1.96. The van der Waals surface area contributed by atoms with E-state index in [2.05, 4.69) is 30.3 Å². The van der Waals surface area contributed by atoms with Gasteiger partial charge in [0.2, 0.25) is 0 Å². The predicted octanol–water partition coefficient (Wildman–Crippen LogP) is 3.81. The van der Waals surface area contributed by atoms with Crippen LogP contribution >= 0.6 is 11.3 Å². The number of rotatable bonds is 3. The zero-order chi connectivity index (χ0) is 9.80. The summed E-state index contributed by atoms with van der Waals surface area (Å²) in [6, 6.07) is 14.5. The van der Waals surface area contributed by atoms with Gasteiger partial charge in [0, 0.05) is 4.88 Å². The van der Waals surface area contributed by atoms with Crippen LogP contribution in [0.2, 0.25) is 0 Å². The lowest BCUT2D eigenvalue weighted by atomic mass is 10.2. The summed E-state index contributed by atoms with van der Waals surface area (Å²) < 4.78 is 5.43. The van der Waals surface area contributed by atoms with E-state index in [0.717, 1.165) is 11.7 Å². The van der Waals surface area contributed by atoms with Crippen LogP contribution in [0.3, 0.4) is 0 Å². The van der Waals surface area contributed by atoms with Crippen LogP contribution in [0, 0.1) is 0 Å². The van der Waals surface area contributed by atoms with E-state index in [9.17, 15) is 0 Å². The Bertz CT molecular complexity index is 392. The third-order valence-electron chi connectivity index (χ3n) is 1.93. The molecule has 1 aromatic carbocycles. The Morgan fingerprint density at radius 2 is 1.86 bits per heavy atom. The monoisotopic (exact) mass is 204 g/mol. The minimum atomic E-state index is 0.731. The Hall–Kier alpha value is -1.28. The Morgan fingerprint density at radius 3 is 2.57 bits per heavy atom. The van der Waals surface area contributed by atoms with Crippen LogP contribution in [0.15, 0.2) is 42.5 Å². The zero-order valence-corrected chi connectivity index (χ0v) is 8.88. The minimum absolute atomic E-state index is 0.731. The quantitative estimate of drug-likeness (QED) is 0.738. The standard InChI is InChI=1S/C12H12OS/c1-2-13-12-9-8-11(14-12)10-6-4-3-5-7-10/h3-9H,2H2,1H3. The summed E-state index contributed by atoms with van der Waals surface area (Å²) in [6.45, 7) is 2.73. The summed E-state index contributed by atoms with van der Waals surface area (Å²) in [5.74, 6) is 0. The van der Waals surface area contributed by atoms with Gasteiger partial charge < -0.3 is 4.74 Å². The van der Waals surface area contributed by atoms with Gasteiger partial charge >= 0.3 is 0 Å². The number of benzene rings is 1. The first-order valence-corrected chi connectivity index (χ1v) is 5.50. The van der Waals surface area contributed by atoms with Crippen LogP contribution in [-0.4, -0.2) is 6.61 Å². The van der Waals surface area contributed by atoms with Crippen molar-refractivity contribution in [3.63, 3.8) is 0 Å². The Balaban J connectivity index is 2.25. The first-order chi connectivity index (χ1) is 6.90. The van der Waals surface area contributed by atoms with Gasteiger partial charge in [-0.1, -0.05) is 41.7 Å². The molecule has 0 aliphatic carbocycles. The average Bonchev–Trinajstić information content (AvgIpc) is 2.68. The van der Waals surface area contributed by atoms with Gasteiger partial charge in [-0.15, -0.1) is 0 Å². The summed E-state index contributed by atoms with van der Waals surface area (Å²) in [7, 11) is 0. The summed E-state index contributed by atoms with van der Waals surface area (Å²) >= 11 is 1.69. The van der Waals surface area contributed by atoms with Gasteiger partial charge in [0.25, 0.3) is 0 Å². The van der Waals surface area contributed by atoms with Crippen LogP contribution in [-0.2, 0) is 0 Å². The fourth-order valence-corrected chi connectivity index (χ4v) is 2.22. The molecule has 0 atom stereocenters. The van der Waals surface area contributed by atoms with E-state index in [1.54, 1.807) is 11.3 Å². The summed E-state index contributed by atoms with van der Waals surface area (Å²) in [6.07, 6.45) is 0. The van der Waals surface area contributed by atoms with Gasteiger partial charge in [0.15, 0.2) is 5.06 Å². The highest BCUT2D eigenvalue weighted by molar-refractivity contribution is 7.17. The average molecular weight is 204 g/mol. The first-order valence-electron chi connectivity index (χ1n) is 4.68. The smallest absolute Gasteiger partial charge is 0.174 e. The van der Waals surface area contributed by atoms with Crippen molar-refractivity contribution in [2.24, 2.45) is 0 Å². The maximum absolute atomic E-state index is 5.43. The minimum Gasteiger partial charge on any atom is -0.484 e. The molecule has 2 aromatic rings. The number of thiophene rings is 1. The Kier molecular flexibility index (Phi) is 2.84. The lowest BCUT2D eigenvalue weighted by Crippen LogP contribution is -1.86. The van der Waals surface area contributed by atoms with Crippen LogP contribution < -0.4 is 4.74 Å². The van der Waals surface area contributed by atoms with Crippen molar-refractivity contribution in [3.8, 4) is 15.5 Å². The van der Waals surface area contributed by atoms with Gasteiger partial charge in [-0.3, -0.25) is 0 Å². The van der Waals surface area contributed by atoms with E-state index in [0.29, 0.717) is 0 Å². The van der Waals surface area contributed by atoms with Crippen LogP contribution in [0.4, 0.5) is 0 Å². The van der Waals surface area contributed by atoms with Gasteiger partial charge in [-0.25, -0.2) is 0 Å². The zero-order valence-electron chi connectivity index (χ0n) is 8.07. The van der Waals surface area contributed by atoms with Crippen LogP contribution in [0.25, 0.3) is 10.4 Å². The highest BCUT2D eigenvalue weighted by Gasteiger charge is 2.01. The number of hydrogen-bond donors (Lipinski definition) is 0. The molecule has 0 bridgehead atoms. The highest BCUT2D eigenvalue weighted by Crippen LogP contribution is 2.32. The highest BCUT2D eigenvalue weighted by atomic mass is 32.1. The molecule has 2 heteroatoms. The van der Waals surface area contributed by atoms with E-state index in [4.69, 9.17) is 4.74 Å². The molecule has 14 heavy (non-hydrogen) atoms. The Morgan fingerprint density at radius 1 is 1.07 bits per heavy atom. The Labute approximate surface area is 88.0 Å². The van der Waals surface area contributed by atoms with E-state index in [-0.39, 0.29) is 0 Å². The second kappa shape index (κ2) is 4.29. The number of ether oxygens (including phenoxy) is 1. The fraction of sp³-hybridized carbons (Fsp3) is 0.167. The van der Waals surface area contributed by atoms with E-state index >= 15 is 0 Å². The molecule has 1 nitrogen and oxygen atoms in total. The van der Waals surface area contributed by atoms with Crippen molar-refractivity contribution in [1.82, 2.24) is 0 Å². The van der Waals surface area contributed by atoms with Crippen LogP contribution in [0.5, 0.6) is 5.06 Å². The van der Waals surface area contributed by atoms with E-state index in [1.807, 2.05) is 19.1 Å². The molecule has 0 unspecified atom stereocenters. The topological polar surface area (TPSA) is 9.23 Å². The van der Waals surface area contributed by atoms with E-state index < -0.39 is 0 Å². The molecule has 72 valence electrons. The van der Waals surface area contributed by atoms with Gasteiger partial charge in [-0.05, 0) is 24.6 Å². The molecule has 0 fully saturated rings. The third-order valence-corrected chi connectivity index (χ3v) is 2.97. The second-order valence-corrected chi connectivity index (χ2v) is 3.96. The molecule has 0 N–H and O–H groups in total. The second-order valence-electron chi connectivity index (χ2n) is 2.92. The van der Waals surface area contributed by atoms with E-state index in [1.165, 1.54) is 10.4 Å². The van der Waals surface area contributed by atoms with Crippen molar-refractivity contribution in [2.75, 3.05) is 6.61 Å². The van der Waals surface area contributed by atoms with Crippen LogP contribution in [0.1, 0.15) is 6.92 Å². The molecular weight excluding hydrogens is 192 g/mol. The SMILES string of the molecule is CCOc1ccc(-c2ccccc2)s1. The third kappa shape index (κ3) is 1.96. The van der Waals surface area contributed by atoms with Gasteiger partial charge in [-0.2, -0.15) is 0 Å². The molecule has 1 aromatic heterocycles. The molecule has 0 aliphatic rings. The van der Waals surface area contributed by atoms with Gasteiger partial charge in [0.1, 0.15) is 0 Å². The molecule has 0 saturated heterocycles. The largest absolute Gasteiger partial charge is 0.484 e. The molecule has 0 amide bonds. The lowest BCUT2D eigenvalue weighted by molar-refractivity contribution is 0.350. The summed E-state index contributed by atoms with van der Waals surface area (Å²) in [5, 5.41) is 0.992. The molecule has 1 heterocycles. The van der Waals surface area contributed by atoms with Crippen molar-refractivity contribution in [2.45, 2.75) is 6.92 Å². The molecular formula is C12H12OS. The van der Waals surface area contributed by atoms with Crippen molar-refractivity contribution in [1.29, 1.82) is 0 Å². The summed E-state index contributed by atoms with van der Waals surface area (Å²) in [4.78, 5) is 1.26. The normalized spacial score (nSPS) is 10.1. The van der Waals surface area contributed by atoms with Crippen molar-refractivity contribution < 1.29 is 4.74 Å². The molecule has 2 rings (SSSR count). The first kappa shape index (κ1) is 9.28. The molecule has 0 saturated carbocycles. The predicted molar refractivity (Wildman–Crippen MR) is 60.9 cm³/mol. The van der Waals surface area contributed by atoms with Crippen molar-refractivity contribution in [3.05, 3.63) is 42.5 Å². The maximum Gasteiger partial charge on any atom is 0.174 e. The molecule has 0 radical (unpaired) electrons. The number of hydrogen-bond acceptors (Lipinski definition) is 2. The van der Waals surface area contributed by atoms with Gasteiger partial charge in [0.05, 0.1) is 6.61 Å². The molecule has 0 aliphatic heterocycles. The maximum atomic E-state index is 5.43. The summed E-state index contributed by atoms with van der Waals surface area (Å²) in [5.41, 5.74) is 1.25. The fourth-order valence-electron chi connectivity index (χ4n) is 1.30. The van der Waals surface area contributed by atoms with Crippen molar-refractivity contribution >= 4 is 11.3 Å². The molecule has 0 spiro atoms.